The molecule has 0 atom stereocenters. The van der Waals surface area contributed by atoms with Gasteiger partial charge in [-0.2, -0.15) is 0 Å². The highest BCUT2D eigenvalue weighted by Crippen LogP contribution is 2.26. The number of nitrogens with zero attached hydrogens (tertiary/aromatic N) is 2. The number of hydrogen-bond donors (Lipinski definition) is 0. The Labute approximate surface area is 129 Å². The van der Waals surface area contributed by atoms with Crippen molar-refractivity contribution in [2.45, 2.75) is 20.8 Å². The first kappa shape index (κ1) is 14.3. The van der Waals surface area contributed by atoms with E-state index in [4.69, 9.17) is 4.74 Å². The van der Waals surface area contributed by atoms with Gasteiger partial charge in [0.2, 0.25) is 0 Å². The molecule has 0 fully saturated rings. The normalized spacial score (nSPS) is 10.9. The van der Waals surface area contributed by atoms with Crippen molar-refractivity contribution in [3.8, 4) is 11.3 Å². The van der Waals surface area contributed by atoms with Crippen molar-refractivity contribution < 1.29 is 9.53 Å². The highest BCUT2D eigenvalue weighted by Gasteiger charge is 2.22. The molecule has 0 aliphatic carbocycles. The van der Waals surface area contributed by atoms with Crippen LogP contribution in [0, 0.1) is 13.8 Å². The maximum atomic E-state index is 12.5. The van der Waals surface area contributed by atoms with E-state index < -0.39 is 0 Å². The average Bonchev–Trinajstić information content (AvgIpc) is 2.88. The van der Waals surface area contributed by atoms with E-state index in [9.17, 15) is 4.79 Å². The zero-order chi connectivity index (χ0) is 15.7. The first-order valence-corrected chi connectivity index (χ1v) is 7.34. The Bertz CT molecular complexity index is 835. The van der Waals surface area contributed by atoms with Crippen LogP contribution >= 0.6 is 0 Å². The second-order valence-electron chi connectivity index (χ2n) is 5.26. The number of fused-ring (bicyclic) bond motifs is 1. The van der Waals surface area contributed by atoms with Crippen LogP contribution in [0.4, 0.5) is 0 Å². The molecule has 0 amide bonds. The summed E-state index contributed by atoms with van der Waals surface area (Å²) in [6, 6.07) is 13.7. The number of rotatable bonds is 3. The maximum Gasteiger partial charge on any atom is 0.357 e. The van der Waals surface area contributed by atoms with Crippen molar-refractivity contribution in [2.75, 3.05) is 6.61 Å². The van der Waals surface area contributed by atoms with E-state index in [0.29, 0.717) is 18.0 Å². The molecule has 0 radical (unpaired) electrons. The van der Waals surface area contributed by atoms with E-state index in [1.165, 1.54) is 0 Å². The molecular formula is C18H18N2O2. The van der Waals surface area contributed by atoms with Crippen LogP contribution in [0.15, 0.2) is 42.5 Å². The van der Waals surface area contributed by atoms with Gasteiger partial charge in [0.25, 0.3) is 0 Å². The number of esters is 1. The average molecular weight is 294 g/mol. The number of aryl methyl sites for hydroxylation is 2. The molecule has 1 aromatic carbocycles. The van der Waals surface area contributed by atoms with Gasteiger partial charge in [0.1, 0.15) is 11.3 Å². The SMILES string of the molecule is CCOC(=O)c1c(-c2ccccc2)nc2cc(C)cc(C)n12. The molecule has 112 valence electrons. The Balaban J connectivity index is 2.34. The van der Waals surface area contributed by atoms with Crippen molar-refractivity contribution in [1.82, 2.24) is 9.38 Å². The molecule has 0 saturated heterocycles. The minimum Gasteiger partial charge on any atom is -0.461 e. The van der Waals surface area contributed by atoms with Crippen LogP contribution in [0.5, 0.6) is 0 Å². The Morgan fingerprint density at radius 2 is 1.91 bits per heavy atom. The molecule has 0 unspecified atom stereocenters. The van der Waals surface area contributed by atoms with Crippen molar-refractivity contribution in [3.63, 3.8) is 0 Å². The summed E-state index contributed by atoms with van der Waals surface area (Å²) in [4.78, 5) is 17.1. The van der Waals surface area contributed by atoms with Gasteiger partial charge in [0.15, 0.2) is 5.69 Å². The van der Waals surface area contributed by atoms with Crippen LogP contribution in [-0.4, -0.2) is 22.0 Å². The number of imidazole rings is 1. The predicted octanol–water partition coefficient (Wildman–Crippen LogP) is 3.79. The summed E-state index contributed by atoms with van der Waals surface area (Å²) in [6.45, 7) is 6.14. The molecule has 0 aliphatic rings. The fraction of sp³-hybridized carbons (Fsp3) is 0.222. The van der Waals surface area contributed by atoms with E-state index in [-0.39, 0.29) is 5.97 Å². The maximum absolute atomic E-state index is 12.5. The van der Waals surface area contributed by atoms with Gasteiger partial charge in [-0.3, -0.25) is 4.40 Å². The summed E-state index contributed by atoms with van der Waals surface area (Å²) in [5, 5.41) is 0. The quantitative estimate of drug-likeness (QED) is 0.690. The molecule has 0 N–H and O–H groups in total. The summed E-state index contributed by atoms with van der Waals surface area (Å²) >= 11 is 0. The van der Waals surface area contributed by atoms with Crippen LogP contribution in [-0.2, 0) is 4.74 Å². The first-order valence-electron chi connectivity index (χ1n) is 7.34. The van der Waals surface area contributed by atoms with E-state index in [2.05, 4.69) is 4.98 Å². The molecule has 0 bridgehead atoms. The van der Waals surface area contributed by atoms with Gasteiger partial charge in [-0.25, -0.2) is 9.78 Å². The lowest BCUT2D eigenvalue weighted by atomic mass is 10.1. The van der Waals surface area contributed by atoms with E-state index >= 15 is 0 Å². The standard InChI is InChI=1S/C18H18N2O2/c1-4-22-18(21)17-16(14-8-6-5-7-9-14)19-15-11-12(2)10-13(3)20(15)17/h5-11H,4H2,1-3H3. The molecule has 2 heterocycles. The minimum absolute atomic E-state index is 0.338. The van der Waals surface area contributed by atoms with Crippen molar-refractivity contribution >= 4 is 11.6 Å². The largest absolute Gasteiger partial charge is 0.461 e. The highest BCUT2D eigenvalue weighted by atomic mass is 16.5. The summed E-state index contributed by atoms with van der Waals surface area (Å²) in [5.41, 5.74) is 4.90. The minimum atomic E-state index is -0.346. The Hall–Kier alpha value is -2.62. The van der Waals surface area contributed by atoms with Gasteiger partial charge < -0.3 is 4.74 Å². The lowest BCUT2D eigenvalue weighted by Crippen LogP contribution is -2.10. The van der Waals surface area contributed by atoms with Crippen LogP contribution in [0.2, 0.25) is 0 Å². The van der Waals surface area contributed by atoms with Crippen LogP contribution in [0.1, 0.15) is 28.7 Å². The van der Waals surface area contributed by atoms with Gasteiger partial charge >= 0.3 is 5.97 Å². The topological polar surface area (TPSA) is 43.6 Å². The summed E-state index contributed by atoms with van der Waals surface area (Å²) in [7, 11) is 0. The number of benzene rings is 1. The molecule has 0 saturated carbocycles. The number of hydrogen-bond acceptors (Lipinski definition) is 3. The molecule has 22 heavy (non-hydrogen) atoms. The molecule has 3 aromatic rings. The number of aromatic nitrogens is 2. The van der Waals surface area contributed by atoms with E-state index in [1.54, 1.807) is 6.92 Å². The second kappa shape index (κ2) is 5.64. The van der Waals surface area contributed by atoms with Crippen LogP contribution in [0.25, 0.3) is 16.9 Å². The van der Waals surface area contributed by atoms with Crippen LogP contribution in [0.3, 0.4) is 0 Å². The van der Waals surface area contributed by atoms with Gasteiger partial charge in [0.05, 0.1) is 6.61 Å². The Morgan fingerprint density at radius 3 is 2.59 bits per heavy atom. The Kier molecular flexibility index (Phi) is 3.67. The molecular weight excluding hydrogens is 276 g/mol. The molecule has 4 heteroatoms. The first-order chi connectivity index (χ1) is 10.6. The van der Waals surface area contributed by atoms with Crippen molar-refractivity contribution in [2.24, 2.45) is 0 Å². The lowest BCUT2D eigenvalue weighted by Gasteiger charge is -2.07. The van der Waals surface area contributed by atoms with Crippen molar-refractivity contribution in [1.29, 1.82) is 0 Å². The second-order valence-corrected chi connectivity index (χ2v) is 5.26. The van der Waals surface area contributed by atoms with Gasteiger partial charge in [-0.05, 0) is 38.5 Å². The van der Waals surface area contributed by atoms with Gasteiger partial charge in [0, 0.05) is 11.3 Å². The molecule has 3 rings (SSSR count). The Morgan fingerprint density at radius 1 is 1.18 bits per heavy atom. The lowest BCUT2D eigenvalue weighted by molar-refractivity contribution is 0.0519. The van der Waals surface area contributed by atoms with Crippen molar-refractivity contribution in [3.05, 3.63) is 59.4 Å². The molecule has 4 nitrogen and oxygen atoms in total. The number of carbonyl (C=O) groups is 1. The third-order valence-corrected chi connectivity index (χ3v) is 3.57. The van der Waals surface area contributed by atoms with Gasteiger partial charge in [-0.1, -0.05) is 30.3 Å². The number of pyridine rings is 1. The zero-order valence-corrected chi connectivity index (χ0v) is 13.0. The molecule has 0 aliphatic heterocycles. The monoisotopic (exact) mass is 294 g/mol. The predicted molar refractivity (Wildman–Crippen MR) is 86.1 cm³/mol. The highest BCUT2D eigenvalue weighted by molar-refractivity contribution is 5.96. The molecule has 2 aromatic heterocycles. The summed E-state index contributed by atoms with van der Waals surface area (Å²) in [5.74, 6) is -0.346. The summed E-state index contributed by atoms with van der Waals surface area (Å²) < 4.78 is 7.11. The fourth-order valence-corrected chi connectivity index (χ4v) is 2.72. The van der Waals surface area contributed by atoms with E-state index in [0.717, 1.165) is 22.5 Å². The fourth-order valence-electron chi connectivity index (χ4n) is 2.72. The summed E-state index contributed by atoms with van der Waals surface area (Å²) in [6.07, 6.45) is 0. The van der Waals surface area contributed by atoms with Gasteiger partial charge in [-0.15, -0.1) is 0 Å². The third kappa shape index (κ3) is 2.37. The number of carbonyl (C=O) groups excluding carboxylic acids is 1. The third-order valence-electron chi connectivity index (χ3n) is 3.57. The van der Waals surface area contributed by atoms with Crippen LogP contribution < -0.4 is 0 Å². The smallest absolute Gasteiger partial charge is 0.357 e. The zero-order valence-electron chi connectivity index (χ0n) is 13.0. The molecule has 0 spiro atoms. The van der Waals surface area contributed by atoms with E-state index in [1.807, 2.05) is 60.7 Å². The number of ether oxygens (including phenoxy) is 1.